The van der Waals surface area contributed by atoms with Crippen molar-refractivity contribution in [3.63, 3.8) is 0 Å². The van der Waals surface area contributed by atoms with Gasteiger partial charge in [0.05, 0.1) is 10.9 Å². The van der Waals surface area contributed by atoms with Gasteiger partial charge in [-0.25, -0.2) is 13.8 Å². The Morgan fingerprint density at radius 1 is 0.870 bits per heavy atom. The lowest BCUT2D eigenvalue weighted by Crippen LogP contribution is -2.11. The summed E-state index contributed by atoms with van der Waals surface area (Å²) in [5, 5.41) is 0.213. The zero-order valence-corrected chi connectivity index (χ0v) is 11.2. The van der Waals surface area contributed by atoms with E-state index in [1.165, 1.54) is 18.2 Å². The highest BCUT2D eigenvalue weighted by atomic mass is 19.4. The predicted octanol–water partition coefficient (Wildman–Crippen LogP) is 4.72. The number of rotatable bonds is 2. The Kier molecular flexibility index (Phi) is 3.59. The van der Waals surface area contributed by atoms with E-state index in [9.17, 15) is 22.0 Å². The fraction of sp³-hybridized carbons (Fsp3) is 0.0667. The molecule has 0 N–H and O–H groups in total. The third-order valence-electron chi connectivity index (χ3n) is 2.93. The van der Waals surface area contributed by atoms with Gasteiger partial charge in [-0.05, 0) is 24.3 Å². The van der Waals surface area contributed by atoms with Crippen molar-refractivity contribution in [3.05, 3.63) is 59.9 Å². The summed E-state index contributed by atoms with van der Waals surface area (Å²) in [6.45, 7) is 0. The van der Waals surface area contributed by atoms with E-state index in [0.717, 1.165) is 18.2 Å². The Labute approximate surface area is 126 Å². The van der Waals surface area contributed by atoms with Gasteiger partial charge in [0.15, 0.2) is 11.6 Å². The van der Waals surface area contributed by atoms with Crippen molar-refractivity contribution in [3.8, 4) is 11.6 Å². The quantitative estimate of drug-likeness (QED) is 0.639. The number of aromatic nitrogens is 2. The van der Waals surface area contributed by atoms with Crippen molar-refractivity contribution in [1.82, 2.24) is 9.97 Å². The molecule has 0 aliphatic rings. The highest BCUT2D eigenvalue weighted by molar-refractivity contribution is 5.83. The molecule has 0 atom stereocenters. The number of benzene rings is 2. The second-order valence-electron chi connectivity index (χ2n) is 4.55. The molecule has 2 aromatic carbocycles. The molecule has 3 aromatic rings. The average molecular weight is 326 g/mol. The first kappa shape index (κ1) is 15.1. The second-order valence-corrected chi connectivity index (χ2v) is 4.55. The fourth-order valence-corrected chi connectivity index (χ4v) is 1.90. The number of fused-ring (bicyclic) bond motifs is 1. The van der Waals surface area contributed by atoms with Gasteiger partial charge in [-0.2, -0.15) is 18.2 Å². The minimum atomic E-state index is -4.77. The van der Waals surface area contributed by atoms with Gasteiger partial charge in [-0.1, -0.05) is 12.1 Å². The lowest BCUT2D eigenvalue weighted by molar-refractivity contribution is -0.144. The molecule has 0 aliphatic heterocycles. The van der Waals surface area contributed by atoms with E-state index < -0.39 is 29.5 Å². The van der Waals surface area contributed by atoms with E-state index in [0.29, 0.717) is 0 Å². The molecule has 0 bridgehead atoms. The summed E-state index contributed by atoms with van der Waals surface area (Å²) in [6, 6.07) is 8.52. The number of para-hydroxylation sites is 1. The lowest BCUT2D eigenvalue weighted by atomic mass is 10.2. The lowest BCUT2D eigenvalue weighted by Gasteiger charge is -2.11. The summed E-state index contributed by atoms with van der Waals surface area (Å²) in [4.78, 5) is 6.78. The minimum absolute atomic E-state index is 0.0207. The Bertz CT molecular complexity index is 879. The third-order valence-corrected chi connectivity index (χ3v) is 2.93. The largest absolute Gasteiger partial charge is 0.451 e. The first-order valence-electron chi connectivity index (χ1n) is 6.31. The molecule has 0 radical (unpaired) electrons. The topological polar surface area (TPSA) is 35.0 Å². The Balaban J connectivity index is 2.13. The number of alkyl halides is 3. The van der Waals surface area contributed by atoms with Gasteiger partial charge in [0.2, 0.25) is 11.7 Å². The molecule has 3 rings (SSSR count). The van der Waals surface area contributed by atoms with Crippen LogP contribution in [0.1, 0.15) is 5.82 Å². The first-order valence-corrected chi connectivity index (χ1v) is 6.31. The zero-order chi connectivity index (χ0) is 16.6. The highest BCUT2D eigenvalue weighted by Crippen LogP contribution is 2.33. The van der Waals surface area contributed by atoms with Gasteiger partial charge >= 0.3 is 6.18 Å². The standard InChI is InChI=1S/C15H7F5N2O/c16-10-6-5-8(7-11(10)17)23-13-9-3-1-2-4-12(9)21-14(22-13)15(18,19)20/h1-7H. The molecule has 8 heteroatoms. The Hall–Kier alpha value is -2.77. The molecule has 1 aromatic heterocycles. The van der Waals surface area contributed by atoms with Gasteiger partial charge in [0.25, 0.3) is 0 Å². The maximum absolute atomic E-state index is 13.2. The minimum Gasteiger partial charge on any atom is -0.438 e. The van der Waals surface area contributed by atoms with Crippen LogP contribution in [0, 0.1) is 11.6 Å². The predicted molar refractivity (Wildman–Crippen MR) is 71.0 cm³/mol. The summed E-state index contributed by atoms with van der Waals surface area (Å²) in [5.74, 6) is -4.23. The van der Waals surface area contributed by atoms with Crippen LogP contribution in [0.4, 0.5) is 22.0 Å². The number of nitrogens with zero attached hydrogens (tertiary/aromatic N) is 2. The van der Waals surface area contributed by atoms with Crippen molar-refractivity contribution in [2.75, 3.05) is 0 Å². The van der Waals surface area contributed by atoms with Crippen LogP contribution >= 0.6 is 0 Å². The monoisotopic (exact) mass is 326 g/mol. The summed E-state index contributed by atoms with van der Waals surface area (Å²) < 4.78 is 69.9. The molecule has 23 heavy (non-hydrogen) atoms. The van der Waals surface area contributed by atoms with Crippen LogP contribution in [0.25, 0.3) is 10.9 Å². The summed E-state index contributed by atoms with van der Waals surface area (Å²) in [6.07, 6.45) is -4.77. The summed E-state index contributed by atoms with van der Waals surface area (Å²) >= 11 is 0. The molecule has 0 spiro atoms. The average Bonchev–Trinajstić information content (AvgIpc) is 2.50. The van der Waals surface area contributed by atoms with Crippen LogP contribution in [-0.2, 0) is 6.18 Å². The molecule has 118 valence electrons. The third kappa shape index (κ3) is 3.05. The number of halogens is 5. The van der Waals surface area contributed by atoms with E-state index in [4.69, 9.17) is 4.74 Å². The normalized spacial score (nSPS) is 11.7. The SMILES string of the molecule is Fc1ccc(Oc2nc(C(F)(F)F)nc3ccccc23)cc1F. The van der Waals surface area contributed by atoms with E-state index in [-0.39, 0.29) is 16.7 Å². The molecule has 0 aliphatic carbocycles. The molecular formula is C15H7F5N2O. The van der Waals surface area contributed by atoms with Crippen LogP contribution in [0.3, 0.4) is 0 Å². The zero-order valence-electron chi connectivity index (χ0n) is 11.2. The molecule has 0 saturated heterocycles. The van der Waals surface area contributed by atoms with Gasteiger partial charge < -0.3 is 4.74 Å². The maximum Gasteiger partial charge on any atom is 0.451 e. The number of hydrogen-bond donors (Lipinski definition) is 0. The molecule has 0 fully saturated rings. The van der Waals surface area contributed by atoms with Crippen LogP contribution in [0.15, 0.2) is 42.5 Å². The van der Waals surface area contributed by atoms with E-state index in [1.807, 2.05) is 0 Å². The van der Waals surface area contributed by atoms with Gasteiger partial charge in [-0.3, -0.25) is 0 Å². The molecule has 0 unspecified atom stereocenters. The Morgan fingerprint density at radius 2 is 1.61 bits per heavy atom. The van der Waals surface area contributed by atoms with Crippen molar-refractivity contribution in [2.24, 2.45) is 0 Å². The molecule has 0 saturated carbocycles. The van der Waals surface area contributed by atoms with Crippen LogP contribution in [0.5, 0.6) is 11.6 Å². The van der Waals surface area contributed by atoms with Crippen LogP contribution < -0.4 is 4.74 Å². The molecule has 3 nitrogen and oxygen atoms in total. The molecule has 1 heterocycles. The Morgan fingerprint density at radius 3 is 2.30 bits per heavy atom. The second kappa shape index (κ2) is 5.45. The van der Waals surface area contributed by atoms with Crippen molar-refractivity contribution >= 4 is 10.9 Å². The van der Waals surface area contributed by atoms with E-state index in [2.05, 4.69) is 9.97 Å². The molecule has 0 amide bonds. The van der Waals surface area contributed by atoms with E-state index in [1.54, 1.807) is 6.07 Å². The van der Waals surface area contributed by atoms with Crippen LogP contribution in [0.2, 0.25) is 0 Å². The molecular weight excluding hydrogens is 319 g/mol. The highest BCUT2D eigenvalue weighted by Gasteiger charge is 2.35. The van der Waals surface area contributed by atoms with E-state index >= 15 is 0 Å². The maximum atomic E-state index is 13.2. The van der Waals surface area contributed by atoms with Crippen molar-refractivity contribution in [1.29, 1.82) is 0 Å². The first-order chi connectivity index (χ1) is 10.8. The van der Waals surface area contributed by atoms with Crippen molar-refractivity contribution in [2.45, 2.75) is 6.18 Å². The van der Waals surface area contributed by atoms with Crippen LogP contribution in [-0.4, -0.2) is 9.97 Å². The fourth-order valence-electron chi connectivity index (χ4n) is 1.90. The van der Waals surface area contributed by atoms with Gasteiger partial charge in [-0.15, -0.1) is 0 Å². The number of hydrogen-bond acceptors (Lipinski definition) is 3. The van der Waals surface area contributed by atoms with Crippen molar-refractivity contribution < 1.29 is 26.7 Å². The van der Waals surface area contributed by atoms with Gasteiger partial charge in [0, 0.05) is 6.07 Å². The number of ether oxygens (including phenoxy) is 1. The summed E-state index contributed by atoms with van der Waals surface area (Å²) in [7, 11) is 0. The summed E-state index contributed by atoms with van der Waals surface area (Å²) in [5.41, 5.74) is 0.0207. The van der Waals surface area contributed by atoms with Gasteiger partial charge in [0.1, 0.15) is 5.75 Å². The smallest absolute Gasteiger partial charge is 0.438 e.